The average molecular weight is 309 g/mol. The van der Waals surface area contributed by atoms with Crippen LogP contribution < -0.4 is 5.32 Å². The van der Waals surface area contributed by atoms with Gasteiger partial charge in [0.1, 0.15) is 0 Å². The van der Waals surface area contributed by atoms with Crippen LogP contribution in [0, 0.1) is 5.92 Å². The van der Waals surface area contributed by atoms with Crippen molar-refractivity contribution in [3.8, 4) is 0 Å². The summed E-state index contributed by atoms with van der Waals surface area (Å²) >= 11 is 6.35. The van der Waals surface area contributed by atoms with Gasteiger partial charge in [-0.2, -0.15) is 0 Å². The SMILES string of the molecule is CCNC1CCCCC1CN(C)C(C)c1ccccc1Cl. The normalized spacial score (nSPS) is 24.2. The van der Waals surface area contributed by atoms with Crippen LogP contribution in [0.15, 0.2) is 24.3 Å². The number of benzene rings is 1. The Bertz CT molecular complexity index is 433. The molecule has 0 amide bonds. The minimum atomic E-state index is 0.364. The highest BCUT2D eigenvalue weighted by Crippen LogP contribution is 2.30. The smallest absolute Gasteiger partial charge is 0.0453 e. The van der Waals surface area contributed by atoms with Gasteiger partial charge in [-0.25, -0.2) is 0 Å². The Kier molecular flexibility index (Phi) is 6.53. The molecule has 1 aliphatic carbocycles. The van der Waals surface area contributed by atoms with E-state index in [1.807, 2.05) is 12.1 Å². The van der Waals surface area contributed by atoms with Crippen LogP contribution in [0.25, 0.3) is 0 Å². The van der Waals surface area contributed by atoms with Gasteiger partial charge in [0.2, 0.25) is 0 Å². The molecule has 0 spiro atoms. The minimum Gasteiger partial charge on any atom is -0.314 e. The third-order valence-corrected chi connectivity index (χ3v) is 5.26. The van der Waals surface area contributed by atoms with Crippen molar-refractivity contribution < 1.29 is 0 Å². The van der Waals surface area contributed by atoms with E-state index in [0.29, 0.717) is 12.1 Å². The Morgan fingerprint density at radius 3 is 2.71 bits per heavy atom. The van der Waals surface area contributed by atoms with Crippen LogP contribution in [-0.4, -0.2) is 31.1 Å². The summed E-state index contributed by atoms with van der Waals surface area (Å²) in [5.41, 5.74) is 1.23. The lowest BCUT2D eigenvalue weighted by Crippen LogP contribution is -2.43. The first kappa shape index (κ1) is 16.8. The molecule has 1 aliphatic rings. The van der Waals surface area contributed by atoms with E-state index in [0.717, 1.165) is 24.0 Å². The molecule has 0 radical (unpaired) electrons. The molecule has 0 heterocycles. The number of hydrogen-bond acceptors (Lipinski definition) is 2. The second-order valence-corrected chi connectivity index (χ2v) is 6.75. The Hall–Kier alpha value is -0.570. The van der Waals surface area contributed by atoms with E-state index in [2.05, 4.69) is 43.2 Å². The van der Waals surface area contributed by atoms with E-state index in [-0.39, 0.29) is 0 Å². The molecule has 3 atom stereocenters. The molecule has 2 rings (SSSR count). The largest absolute Gasteiger partial charge is 0.314 e. The van der Waals surface area contributed by atoms with Crippen LogP contribution in [0.5, 0.6) is 0 Å². The topological polar surface area (TPSA) is 15.3 Å². The fourth-order valence-electron chi connectivity index (χ4n) is 3.54. The van der Waals surface area contributed by atoms with E-state index in [4.69, 9.17) is 11.6 Å². The lowest BCUT2D eigenvalue weighted by molar-refractivity contribution is 0.162. The van der Waals surface area contributed by atoms with Crippen molar-refractivity contribution in [3.63, 3.8) is 0 Å². The molecule has 0 aromatic heterocycles. The minimum absolute atomic E-state index is 0.364. The van der Waals surface area contributed by atoms with E-state index >= 15 is 0 Å². The second-order valence-electron chi connectivity index (χ2n) is 6.35. The van der Waals surface area contributed by atoms with Crippen LogP contribution in [0.3, 0.4) is 0 Å². The van der Waals surface area contributed by atoms with Crippen LogP contribution >= 0.6 is 11.6 Å². The lowest BCUT2D eigenvalue weighted by Gasteiger charge is -2.37. The second kappa shape index (κ2) is 8.17. The maximum atomic E-state index is 6.35. The summed E-state index contributed by atoms with van der Waals surface area (Å²) in [6.45, 7) is 6.68. The van der Waals surface area contributed by atoms with Crippen LogP contribution in [-0.2, 0) is 0 Å². The van der Waals surface area contributed by atoms with Gasteiger partial charge < -0.3 is 5.32 Å². The first-order valence-corrected chi connectivity index (χ1v) is 8.69. The van der Waals surface area contributed by atoms with Crippen molar-refractivity contribution in [3.05, 3.63) is 34.9 Å². The lowest BCUT2D eigenvalue weighted by atomic mass is 9.84. The summed E-state index contributed by atoms with van der Waals surface area (Å²) in [6.07, 6.45) is 5.42. The van der Waals surface area contributed by atoms with Gasteiger partial charge >= 0.3 is 0 Å². The summed E-state index contributed by atoms with van der Waals surface area (Å²) in [7, 11) is 2.23. The molecule has 0 aliphatic heterocycles. The Morgan fingerprint density at radius 2 is 2.00 bits per heavy atom. The maximum absolute atomic E-state index is 6.35. The van der Waals surface area contributed by atoms with Gasteiger partial charge in [-0.15, -0.1) is 0 Å². The molecule has 3 unspecified atom stereocenters. The van der Waals surface area contributed by atoms with Crippen LogP contribution in [0.1, 0.15) is 51.1 Å². The summed E-state index contributed by atoms with van der Waals surface area (Å²) in [4.78, 5) is 2.46. The molecular weight excluding hydrogens is 280 g/mol. The van der Waals surface area contributed by atoms with Crippen molar-refractivity contribution >= 4 is 11.6 Å². The van der Waals surface area contributed by atoms with E-state index in [1.165, 1.54) is 31.2 Å². The van der Waals surface area contributed by atoms with Crippen molar-refractivity contribution in [1.82, 2.24) is 10.2 Å². The summed E-state index contributed by atoms with van der Waals surface area (Å²) in [6, 6.07) is 9.26. The molecule has 0 saturated heterocycles. The molecule has 2 nitrogen and oxygen atoms in total. The molecule has 1 fully saturated rings. The first-order chi connectivity index (χ1) is 10.1. The predicted molar refractivity (Wildman–Crippen MR) is 91.9 cm³/mol. The van der Waals surface area contributed by atoms with E-state index in [1.54, 1.807) is 0 Å². The van der Waals surface area contributed by atoms with E-state index < -0.39 is 0 Å². The van der Waals surface area contributed by atoms with Crippen LogP contribution in [0.4, 0.5) is 0 Å². The van der Waals surface area contributed by atoms with Crippen molar-refractivity contribution in [2.45, 2.75) is 51.6 Å². The van der Waals surface area contributed by atoms with Crippen molar-refractivity contribution in [2.75, 3.05) is 20.1 Å². The fourth-order valence-corrected chi connectivity index (χ4v) is 3.83. The zero-order valence-corrected chi connectivity index (χ0v) is 14.4. The van der Waals surface area contributed by atoms with Gasteiger partial charge in [0, 0.05) is 23.7 Å². The molecule has 0 bridgehead atoms. The molecule has 1 saturated carbocycles. The highest BCUT2D eigenvalue weighted by molar-refractivity contribution is 6.31. The number of halogens is 1. The van der Waals surface area contributed by atoms with Crippen LogP contribution in [0.2, 0.25) is 5.02 Å². The number of nitrogens with one attached hydrogen (secondary N) is 1. The zero-order valence-electron chi connectivity index (χ0n) is 13.6. The molecule has 3 heteroatoms. The number of rotatable bonds is 6. The number of nitrogens with zero attached hydrogens (tertiary/aromatic N) is 1. The highest BCUT2D eigenvalue weighted by atomic mass is 35.5. The quantitative estimate of drug-likeness (QED) is 0.832. The first-order valence-electron chi connectivity index (χ1n) is 8.31. The fraction of sp³-hybridized carbons (Fsp3) is 0.667. The van der Waals surface area contributed by atoms with Gasteiger partial charge in [-0.05, 0) is 50.9 Å². The Labute approximate surface area is 134 Å². The van der Waals surface area contributed by atoms with Gasteiger partial charge in [0.15, 0.2) is 0 Å². The third kappa shape index (κ3) is 4.45. The standard InChI is InChI=1S/C18H29ClN2/c1-4-20-18-12-8-5-9-15(18)13-21(3)14(2)16-10-6-7-11-17(16)19/h6-7,10-11,14-15,18,20H,4-5,8-9,12-13H2,1-3H3. The van der Waals surface area contributed by atoms with Gasteiger partial charge in [0.05, 0.1) is 0 Å². The Morgan fingerprint density at radius 1 is 1.29 bits per heavy atom. The van der Waals surface area contributed by atoms with Gasteiger partial charge in [-0.1, -0.05) is 49.6 Å². The highest BCUT2D eigenvalue weighted by Gasteiger charge is 2.27. The van der Waals surface area contributed by atoms with Crippen molar-refractivity contribution in [2.24, 2.45) is 5.92 Å². The third-order valence-electron chi connectivity index (χ3n) is 4.91. The molecule has 1 N–H and O–H groups in total. The Balaban J connectivity index is 1.99. The molecule has 21 heavy (non-hydrogen) atoms. The van der Waals surface area contributed by atoms with Gasteiger partial charge in [-0.3, -0.25) is 4.90 Å². The summed E-state index contributed by atoms with van der Waals surface area (Å²) in [5, 5.41) is 4.56. The zero-order chi connectivity index (χ0) is 15.2. The maximum Gasteiger partial charge on any atom is 0.0453 e. The molecule has 1 aromatic rings. The predicted octanol–water partition coefficient (Wildman–Crippen LogP) is 4.50. The number of hydrogen-bond donors (Lipinski definition) is 1. The molecular formula is C18H29ClN2. The molecule has 118 valence electrons. The van der Waals surface area contributed by atoms with Crippen molar-refractivity contribution in [1.29, 1.82) is 0 Å². The summed E-state index contributed by atoms with van der Waals surface area (Å²) in [5.74, 6) is 0.758. The molecule has 1 aromatic carbocycles. The average Bonchev–Trinajstić information content (AvgIpc) is 2.49. The van der Waals surface area contributed by atoms with Gasteiger partial charge in [0.25, 0.3) is 0 Å². The van der Waals surface area contributed by atoms with E-state index in [9.17, 15) is 0 Å². The summed E-state index contributed by atoms with van der Waals surface area (Å²) < 4.78 is 0. The monoisotopic (exact) mass is 308 g/mol.